The van der Waals surface area contributed by atoms with E-state index < -0.39 is 0 Å². The number of aryl methyl sites for hydroxylation is 1. The average molecular weight is 448 g/mol. The standard InChI is InChI=1S/C18H32N4O.HI/c1-15-7-9-16(10-8-15)23-12-11-20-17(19-4)21-13-18(2,3)14-22(5)6;/h7-10H,11-14H2,1-6H3,(H2,19,20,21);1H. The second-order valence-corrected chi connectivity index (χ2v) is 6.92. The van der Waals surface area contributed by atoms with Gasteiger partial charge >= 0.3 is 0 Å². The first kappa shape index (κ1) is 23.0. The first-order valence-electron chi connectivity index (χ1n) is 8.11. The highest BCUT2D eigenvalue weighted by molar-refractivity contribution is 14.0. The van der Waals surface area contributed by atoms with Gasteiger partial charge in [0.05, 0.1) is 6.54 Å². The summed E-state index contributed by atoms with van der Waals surface area (Å²) in [5, 5.41) is 6.66. The molecule has 0 bridgehead atoms. The van der Waals surface area contributed by atoms with E-state index in [0.29, 0.717) is 13.2 Å². The molecule has 0 saturated heterocycles. The molecule has 1 aromatic carbocycles. The lowest BCUT2D eigenvalue weighted by Gasteiger charge is -2.29. The van der Waals surface area contributed by atoms with Gasteiger partial charge in [-0.15, -0.1) is 24.0 Å². The predicted octanol–water partition coefficient (Wildman–Crippen LogP) is 2.74. The average Bonchev–Trinajstić information content (AvgIpc) is 2.47. The SMILES string of the molecule is CN=C(NCCOc1ccc(C)cc1)NCC(C)(C)CN(C)C.I. The molecular formula is C18H33IN4O. The molecule has 0 aliphatic carbocycles. The maximum Gasteiger partial charge on any atom is 0.191 e. The molecule has 0 aliphatic rings. The molecule has 0 amide bonds. The van der Waals surface area contributed by atoms with Crippen LogP contribution in [0, 0.1) is 12.3 Å². The van der Waals surface area contributed by atoms with E-state index in [1.54, 1.807) is 7.05 Å². The molecule has 0 radical (unpaired) electrons. The zero-order chi connectivity index (χ0) is 17.3. The van der Waals surface area contributed by atoms with Crippen molar-refractivity contribution in [1.29, 1.82) is 0 Å². The van der Waals surface area contributed by atoms with Gasteiger partial charge in [-0.05, 0) is 38.6 Å². The Morgan fingerprint density at radius 1 is 1.17 bits per heavy atom. The van der Waals surface area contributed by atoms with Crippen molar-refractivity contribution in [1.82, 2.24) is 15.5 Å². The summed E-state index contributed by atoms with van der Waals surface area (Å²) in [4.78, 5) is 6.45. The molecule has 0 atom stereocenters. The van der Waals surface area contributed by atoms with Gasteiger partial charge in [0, 0.05) is 20.1 Å². The van der Waals surface area contributed by atoms with E-state index in [2.05, 4.69) is 67.5 Å². The number of nitrogens with zero attached hydrogens (tertiary/aromatic N) is 2. The fraction of sp³-hybridized carbons (Fsp3) is 0.611. The molecule has 0 aromatic heterocycles. The molecule has 6 heteroatoms. The Hall–Kier alpha value is -1.02. The van der Waals surface area contributed by atoms with Gasteiger partial charge in [-0.1, -0.05) is 31.5 Å². The van der Waals surface area contributed by atoms with Crippen molar-refractivity contribution in [3.05, 3.63) is 29.8 Å². The molecule has 24 heavy (non-hydrogen) atoms. The van der Waals surface area contributed by atoms with Crippen molar-refractivity contribution >= 4 is 29.9 Å². The molecular weight excluding hydrogens is 415 g/mol. The van der Waals surface area contributed by atoms with Crippen LogP contribution in [-0.4, -0.2) is 58.2 Å². The minimum Gasteiger partial charge on any atom is -0.492 e. The van der Waals surface area contributed by atoms with Crippen molar-refractivity contribution in [3.63, 3.8) is 0 Å². The molecule has 0 aliphatic heterocycles. The van der Waals surface area contributed by atoms with Crippen LogP contribution < -0.4 is 15.4 Å². The first-order chi connectivity index (χ1) is 10.8. The monoisotopic (exact) mass is 448 g/mol. The molecule has 0 spiro atoms. The summed E-state index contributed by atoms with van der Waals surface area (Å²) in [7, 11) is 5.98. The van der Waals surface area contributed by atoms with Gasteiger partial charge in [0.2, 0.25) is 0 Å². The Morgan fingerprint density at radius 2 is 1.79 bits per heavy atom. The minimum absolute atomic E-state index is 0. The summed E-state index contributed by atoms with van der Waals surface area (Å²) >= 11 is 0. The van der Waals surface area contributed by atoms with E-state index in [4.69, 9.17) is 4.74 Å². The number of nitrogens with one attached hydrogen (secondary N) is 2. The maximum absolute atomic E-state index is 5.70. The summed E-state index contributed by atoms with van der Waals surface area (Å²) in [6, 6.07) is 8.09. The third kappa shape index (κ3) is 9.97. The smallest absolute Gasteiger partial charge is 0.191 e. The molecule has 0 heterocycles. The minimum atomic E-state index is 0. The molecule has 138 valence electrons. The summed E-state index contributed by atoms with van der Waals surface area (Å²) in [5.41, 5.74) is 1.42. The van der Waals surface area contributed by atoms with Gasteiger partial charge in [0.25, 0.3) is 0 Å². The molecule has 2 N–H and O–H groups in total. The number of hydrogen-bond donors (Lipinski definition) is 2. The van der Waals surface area contributed by atoms with Gasteiger partial charge in [-0.3, -0.25) is 4.99 Å². The fourth-order valence-electron chi connectivity index (χ4n) is 2.43. The molecule has 0 unspecified atom stereocenters. The van der Waals surface area contributed by atoms with E-state index >= 15 is 0 Å². The lowest BCUT2D eigenvalue weighted by Crippen LogP contribution is -2.45. The van der Waals surface area contributed by atoms with Crippen LogP contribution in [0.2, 0.25) is 0 Å². The molecule has 1 aromatic rings. The Kier molecular flexibility index (Phi) is 11.0. The number of halogens is 1. The highest BCUT2D eigenvalue weighted by Crippen LogP contribution is 2.14. The second kappa shape index (κ2) is 11.5. The number of benzene rings is 1. The Morgan fingerprint density at radius 3 is 2.33 bits per heavy atom. The summed E-state index contributed by atoms with van der Waals surface area (Å²) in [6.07, 6.45) is 0. The number of guanidine groups is 1. The van der Waals surface area contributed by atoms with Crippen molar-refractivity contribution in [2.24, 2.45) is 10.4 Å². The topological polar surface area (TPSA) is 48.9 Å². The van der Waals surface area contributed by atoms with Crippen molar-refractivity contribution in [3.8, 4) is 5.75 Å². The van der Waals surface area contributed by atoms with Crippen LogP contribution in [0.25, 0.3) is 0 Å². The zero-order valence-electron chi connectivity index (χ0n) is 15.8. The summed E-state index contributed by atoms with van der Waals surface area (Å²) in [6.45, 7) is 9.75. The lowest BCUT2D eigenvalue weighted by atomic mass is 9.93. The van der Waals surface area contributed by atoms with E-state index in [9.17, 15) is 0 Å². The Balaban J connectivity index is 0.00000529. The Bertz CT molecular complexity index is 486. The number of aliphatic imine (C=N–C) groups is 1. The normalized spacial score (nSPS) is 11.9. The van der Waals surface area contributed by atoms with Gasteiger partial charge in [0.1, 0.15) is 12.4 Å². The summed E-state index contributed by atoms with van der Waals surface area (Å²) in [5.74, 6) is 1.71. The van der Waals surface area contributed by atoms with E-state index in [1.807, 2.05) is 12.1 Å². The Labute approximate surface area is 164 Å². The van der Waals surface area contributed by atoms with E-state index in [0.717, 1.165) is 24.8 Å². The van der Waals surface area contributed by atoms with Crippen LogP contribution in [0.4, 0.5) is 0 Å². The van der Waals surface area contributed by atoms with E-state index in [-0.39, 0.29) is 29.4 Å². The van der Waals surface area contributed by atoms with Crippen LogP contribution in [0.3, 0.4) is 0 Å². The molecule has 1 rings (SSSR count). The third-order valence-electron chi connectivity index (χ3n) is 3.39. The molecule has 0 saturated carbocycles. The number of ether oxygens (including phenoxy) is 1. The first-order valence-corrected chi connectivity index (χ1v) is 8.11. The van der Waals surface area contributed by atoms with Gasteiger partial charge in [-0.2, -0.15) is 0 Å². The van der Waals surface area contributed by atoms with Crippen molar-refractivity contribution < 1.29 is 4.74 Å². The van der Waals surface area contributed by atoms with Gasteiger partial charge < -0.3 is 20.3 Å². The largest absolute Gasteiger partial charge is 0.492 e. The van der Waals surface area contributed by atoms with Crippen LogP contribution in [0.1, 0.15) is 19.4 Å². The number of rotatable bonds is 8. The quantitative estimate of drug-likeness (QED) is 0.278. The fourth-order valence-corrected chi connectivity index (χ4v) is 2.43. The highest BCUT2D eigenvalue weighted by atomic mass is 127. The second-order valence-electron chi connectivity index (χ2n) is 6.92. The van der Waals surface area contributed by atoms with Gasteiger partial charge in [-0.25, -0.2) is 0 Å². The molecule has 0 fully saturated rings. The maximum atomic E-state index is 5.70. The van der Waals surface area contributed by atoms with E-state index in [1.165, 1.54) is 5.56 Å². The van der Waals surface area contributed by atoms with Crippen LogP contribution >= 0.6 is 24.0 Å². The number of hydrogen-bond acceptors (Lipinski definition) is 3. The van der Waals surface area contributed by atoms with Crippen LogP contribution in [0.15, 0.2) is 29.3 Å². The molecule has 5 nitrogen and oxygen atoms in total. The van der Waals surface area contributed by atoms with Crippen LogP contribution in [0.5, 0.6) is 5.75 Å². The zero-order valence-corrected chi connectivity index (χ0v) is 18.2. The lowest BCUT2D eigenvalue weighted by molar-refractivity contribution is 0.241. The van der Waals surface area contributed by atoms with Crippen molar-refractivity contribution in [2.75, 3.05) is 47.4 Å². The predicted molar refractivity (Wildman–Crippen MR) is 114 cm³/mol. The highest BCUT2D eigenvalue weighted by Gasteiger charge is 2.19. The third-order valence-corrected chi connectivity index (χ3v) is 3.39. The van der Waals surface area contributed by atoms with Crippen LogP contribution in [-0.2, 0) is 0 Å². The van der Waals surface area contributed by atoms with Crippen molar-refractivity contribution in [2.45, 2.75) is 20.8 Å². The summed E-state index contributed by atoms with van der Waals surface area (Å²) < 4.78 is 5.70. The van der Waals surface area contributed by atoms with Gasteiger partial charge in [0.15, 0.2) is 5.96 Å².